The van der Waals surface area contributed by atoms with Crippen LogP contribution in [-0.2, 0) is 19.0 Å². The molecule has 2 N–H and O–H groups in total. The van der Waals surface area contributed by atoms with Gasteiger partial charge in [-0.1, -0.05) is 6.07 Å². The van der Waals surface area contributed by atoms with Crippen molar-refractivity contribution >= 4 is 11.6 Å². The maximum atomic E-state index is 12.0. The van der Waals surface area contributed by atoms with Gasteiger partial charge in [-0.3, -0.25) is 4.79 Å². The Bertz CT molecular complexity index is 507. The number of benzene rings is 1. The maximum absolute atomic E-state index is 12.0. The monoisotopic (exact) mass is 293 g/mol. The largest absolute Gasteiger partial charge is 0.506 e. The first-order valence-corrected chi connectivity index (χ1v) is 7.22. The van der Waals surface area contributed by atoms with Crippen LogP contribution in [0.15, 0.2) is 18.2 Å². The minimum atomic E-state index is -0.447. The number of rotatable bonds is 3. The fourth-order valence-corrected chi connectivity index (χ4v) is 2.48. The summed E-state index contributed by atoms with van der Waals surface area (Å²) < 4.78 is 16.4. The van der Waals surface area contributed by atoms with Crippen LogP contribution in [0.3, 0.4) is 0 Å². The van der Waals surface area contributed by atoms with E-state index in [1.165, 1.54) is 6.07 Å². The number of hydrogen-bond acceptors (Lipinski definition) is 5. The molecule has 0 bridgehead atoms. The fourth-order valence-electron chi connectivity index (χ4n) is 2.48. The normalized spacial score (nSPS) is 23.1. The molecule has 114 valence electrons. The predicted octanol–water partition coefficient (Wildman–Crippen LogP) is 1.95. The van der Waals surface area contributed by atoms with Crippen molar-refractivity contribution in [3.63, 3.8) is 0 Å². The van der Waals surface area contributed by atoms with E-state index in [0.717, 1.165) is 18.4 Å². The first-order chi connectivity index (χ1) is 10.2. The van der Waals surface area contributed by atoms with E-state index in [-0.39, 0.29) is 11.7 Å². The Morgan fingerprint density at radius 2 is 1.90 bits per heavy atom. The van der Waals surface area contributed by atoms with E-state index >= 15 is 0 Å². The van der Waals surface area contributed by atoms with E-state index in [9.17, 15) is 9.90 Å². The molecule has 2 aliphatic rings. The predicted molar refractivity (Wildman–Crippen MR) is 75.0 cm³/mol. The Labute approximate surface area is 123 Å². The molecule has 6 heteroatoms. The number of nitrogens with one attached hydrogen (secondary N) is 1. The minimum Gasteiger partial charge on any atom is -0.506 e. The molecule has 1 aromatic carbocycles. The number of aromatic hydroxyl groups is 1. The Morgan fingerprint density at radius 1 is 1.14 bits per heavy atom. The number of carbonyl (C=O) groups excluding carboxylic acids is 1. The van der Waals surface area contributed by atoms with Crippen molar-refractivity contribution in [1.82, 2.24) is 0 Å². The molecule has 6 nitrogen and oxygen atoms in total. The lowest BCUT2D eigenvalue weighted by molar-refractivity contribution is -0.183. The van der Waals surface area contributed by atoms with Crippen LogP contribution in [0.25, 0.3) is 0 Å². The molecule has 21 heavy (non-hydrogen) atoms. The minimum absolute atomic E-state index is 0.0147. The molecule has 2 heterocycles. The quantitative estimate of drug-likeness (QED) is 0.833. The van der Waals surface area contributed by atoms with Crippen molar-refractivity contribution in [2.24, 2.45) is 0 Å². The smallest absolute Gasteiger partial charge is 0.253 e. The number of phenolic OH excluding ortho intramolecular Hbond substituents is 1. The summed E-state index contributed by atoms with van der Waals surface area (Å²) in [6.45, 7) is 1.89. The van der Waals surface area contributed by atoms with Crippen molar-refractivity contribution in [3.05, 3.63) is 23.8 Å². The number of amides is 1. The summed E-state index contributed by atoms with van der Waals surface area (Å²) in [5.41, 5.74) is 1.13. The third-order valence-corrected chi connectivity index (χ3v) is 3.60. The van der Waals surface area contributed by atoms with Gasteiger partial charge in [-0.2, -0.15) is 0 Å². The van der Waals surface area contributed by atoms with Gasteiger partial charge in [-0.05, 0) is 31.4 Å². The summed E-state index contributed by atoms with van der Waals surface area (Å²) >= 11 is 0. The molecular formula is C15H19NO5. The van der Waals surface area contributed by atoms with Crippen LogP contribution in [0, 0.1) is 0 Å². The van der Waals surface area contributed by atoms with Gasteiger partial charge in [0.2, 0.25) is 0 Å². The second kappa shape index (κ2) is 6.43. The standard InChI is InChI=1S/C15H19NO5/c17-12-5-4-10(15-20-7-2-8-21-15)9-11(12)16-14(18)13-3-1-6-19-13/h4-5,9,13,15,17H,1-3,6-8H2,(H,16,18). The lowest BCUT2D eigenvalue weighted by Gasteiger charge is -2.24. The molecule has 0 radical (unpaired) electrons. The Kier molecular flexibility index (Phi) is 4.38. The van der Waals surface area contributed by atoms with Crippen molar-refractivity contribution in [3.8, 4) is 5.75 Å². The van der Waals surface area contributed by atoms with Crippen molar-refractivity contribution in [2.45, 2.75) is 31.7 Å². The second-order valence-electron chi connectivity index (χ2n) is 5.19. The zero-order valence-corrected chi connectivity index (χ0v) is 11.7. The van der Waals surface area contributed by atoms with Crippen molar-refractivity contribution in [2.75, 3.05) is 25.1 Å². The van der Waals surface area contributed by atoms with Crippen LogP contribution in [0.5, 0.6) is 5.75 Å². The number of hydrogen-bond donors (Lipinski definition) is 2. The van der Waals surface area contributed by atoms with Crippen LogP contribution >= 0.6 is 0 Å². The van der Waals surface area contributed by atoms with Gasteiger partial charge in [0.15, 0.2) is 6.29 Å². The van der Waals surface area contributed by atoms with Crippen LogP contribution in [0.2, 0.25) is 0 Å². The van der Waals surface area contributed by atoms with E-state index in [1.807, 2.05) is 0 Å². The Morgan fingerprint density at radius 3 is 2.62 bits per heavy atom. The van der Waals surface area contributed by atoms with Gasteiger partial charge in [0.05, 0.1) is 18.9 Å². The molecular weight excluding hydrogens is 274 g/mol. The molecule has 1 atom stereocenters. The van der Waals surface area contributed by atoms with Gasteiger partial charge in [-0.15, -0.1) is 0 Å². The summed E-state index contributed by atoms with van der Waals surface area (Å²) in [6, 6.07) is 4.94. The maximum Gasteiger partial charge on any atom is 0.253 e. The molecule has 1 unspecified atom stereocenters. The SMILES string of the molecule is O=C(Nc1cc(C2OCCCO2)ccc1O)C1CCCO1. The molecule has 3 rings (SSSR count). The first-order valence-electron chi connectivity index (χ1n) is 7.22. The van der Waals surface area contributed by atoms with E-state index < -0.39 is 12.4 Å². The number of phenols is 1. The van der Waals surface area contributed by atoms with Gasteiger partial charge >= 0.3 is 0 Å². The zero-order valence-electron chi connectivity index (χ0n) is 11.7. The molecule has 1 amide bonds. The highest BCUT2D eigenvalue weighted by molar-refractivity contribution is 5.95. The zero-order chi connectivity index (χ0) is 14.7. The highest BCUT2D eigenvalue weighted by Gasteiger charge is 2.25. The third-order valence-electron chi connectivity index (χ3n) is 3.60. The van der Waals surface area contributed by atoms with Crippen LogP contribution < -0.4 is 5.32 Å². The highest BCUT2D eigenvalue weighted by Crippen LogP contribution is 2.31. The molecule has 0 spiro atoms. The molecule has 0 aliphatic carbocycles. The summed E-state index contributed by atoms with van der Waals surface area (Å²) in [6.07, 6.45) is 1.58. The average Bonchev–Trinajstić information content (AvgIpc) is 3.05. The van der Waals surface area contributed by atoms with Gasteiger partial charge < -0.3 is 24.6 Å². The summed E-state index contributed by atoms with van der Waals surface area (Å²) in [7, 11) is 0. The first kappa shape index (κ1) is 14.3. The number of ether oxygens (including phenoxy) is 3. The molecule has 2 saturated heterocycles. The van der Waals surface area contributed by atoms with Crippen molar-refractivity contribution in [1.29, 1.82) is 0 Å². The van der Waals surface area contributed by atoms with Gasteiger partial charge in [0.25, 0.3) is 5.91 Å². The van der Waals surface area contributed by atoms with Crippen LogP contribution in [-0.4, -0.2) is 36.9 Å². The van der Waals surface area contributed by atoms with Gasteiger partial charge in [0.1, 0.15) is 11.9 Å². The van der Waals surface area contributed by atoms with E-state index in [1.54, 1.807) is 12.1 Å². The van der Waals surface area contributed by atoms with E-state index in [0.29, 0.717) is 31.9 Å². The molecule has 1 aromatic rings. The summed E-state index contributed by atoms with van der Waals surface area (Å²) in [5, 5.41) is 12.6. The van der Waals surface area contributed by atoms with Crippen LogP contribution in [0.1, 0.15) is 31.1 Å². The highest BCUT2D eigenvalue weighted by atomic mass is 16.7. The molecule has 0 aromatic heterocycles. The topological polar surface area (TPSA) is 77.0 Å². The Hall–Kier alpha value is -1.63. The number of anilines is 1. The lowest BCUT2D eigenvalue weighted by atomic mass is 10.1. The third kappa shape index (κ3) is 3.34. The van der Waals surface area contributed by atoms with Gasteiger partial charge in [0, 0.05) is 12.2 Å². The fraction of sp³-hybridized carbons (Fsp3) is 0.533. The lowest BCUT2D eigenvalue weighted by Crippen LogP contribution is -2.27. The van der Waals surface area contributed by atoms with Crippen LogP contribution in [0.4, 0.5) is 5.69 Å². The average molecular weight is 293 g/mol. The molecule has 2 aliphatic heterocycles. The van der Waals surface area contributed by atoms with E-state index in [2.05, 4.69) is 5.32 Å². The summed E-state index contributed by atoms with van der Waals surface area (Å²) in [4.78, 5) is 12.0. The van der Waals surface area contributed by atoms with Gasteiger partial charge in [-0.25, -0.2) is 0 Å². The Balaban J connectivity index is 1.72. The molecule has 2 fully saturated rings. The second-order valence-corrected chi connectivity index (χ2v) is 5.19. The van der Waals surface area contributed by atoms with E-state index in [4.69, 9.17) is 14.2 Å². The van der Waals surface area contributed by atoms with Crippen molar-refractivity contribution < 1.29 is 24.1 Å². The molecule has 0 saturated carbocycles. The number of carbonyl (C=O) groups is 1. The summed E-state index contributed by atoms with van der Waals surface area (Å²) in [5.74, 6) is -0.216.